The average Bonchev–Trinajstić information content (AvgIpc) is 3.20. The molecule has 6 nitrogen and oxygen atoms in total. The number of benzene rings is 1. The van der Waals surface area contributed by atoms with Crippen molar-refractivity contribution in [2.24, 2.45) is 7.05 Å². The first kappa shape index (κ1) is 18.0. The standard InChI is InChI=1S/C19H20N4O2S/c1-11(17-10-26-13(3)22-17)21-19(25)15-7-5-6-14(8-15)16-9-20-23(4)18(16)12(2)24/h5-11H,1-4H3,(H,21,25)/t11-/m1/s1. The van der Waals surface area contributed by atoms with Crippen molar-refractivity contribution in [3.8, 4) is 11.1 Å². The molecule has 0 aliphatic rings. The van der Waals surface area contributed by atoms with Crippen LogP contribution in [-0.4, -0.2) is 26.5 Å². The maximum atomic E-state index is 12.6. The van der Waals surface area contributed by atoms with Gasteiger partial charge in [-0.1, -0.05) is 12.1 Å². The lowest BCUT2D eigenvalue weighted by atomic mass is 10.0. The van der Waals surface area contributed by atoms with Crippen LogP contribution in [0.25, 0.3) is 11.1 Å². The Kier molecular flexibility index (Phi) is 4.99. The Labute approximate surface area is 155 Å². The molecule has 0 bridgehead atoms. The minimum absolute atomic E-state index is 0.0672. The predicted octanol–water partition coefficient (Wildman–Crippen LogP) is 3.55. The zero-order valence-corrected chi connectivity index (χ0v) is 15.9. The summed E-state index contributed by atoms with van der Waals surface area (Å²) < 4.78 is 1.55. The maximum absolute atomic E-state index is 12.6. The Bertz CT molecular complexity index is 974. The summed E-state index contributed by atoms with van der Waals surface area (Å²) in [4.78, 5) is 28.9. The molecule has 0 radical (unpaired) electrons. The summed E-state index contributed by atoms with van der Waals surface area (Å²) >= 11 is 1.56. The minimum Gasteiger partial charge on any atom is -0.344 e. The molecule has 1 aromatic carbocycles. The summed E-state index contributed by atoms with van der Waals surface area (Å²) in [5.74, 6) is -0.249. The van der Waals surface area contributed by atoms with Gasteiger partial charge < -0.3 is 5.32 Å². The fourth-order valence-corrected chi connectivity index (χ4v) is 3.53. The van der Waals surface area contributed by atoms with Crippen LogP contribution in [0.3, 0.4) is 0 Å². The number of aryl methyl sites for hydroxylation is 2. The minimum atomic E-state index is -0.182. The van der Waals surface area contributed by atoms with Crippen LogP contribution >= 0.6 is 11.3 Å². The van der Waals surface area contributed by atoms with E-state index in [-0.39, 0.29) is 17.7 Å². The van der Waals surface area contributed by atoms with Gasteiger partial charge in [-0.2, -0.15) is 5.10 Å². The van der Waals surface area contributed by atoms with Crippen molar-refractivity contribution >= 4 is 23.0 Å². The van der Waals surface area contributed by atoms with Crippen LogP contribution in [0.15, 0.2) is 35.8 Å². The van der Waals surface area contributed by atoms with Crippen LogP contribution in [0.4, 0.5) is 0 Å². The monoisotopic (exact) mass is 368 g/mol. The first-order valence-corrected chi connectivity index (χ1v) is 9.11. The van der Waals surface area contributed by atoms with Crippen LogP contribution in [-0.2, 0) is 7.05 Å². The van der Waals surface area contributed by atoms with Gasteiger partial charge in [-0.15, -0.1) is 11.3 Å². The third kappa shape index (κ3) is 3.57. The van der Waals surface area contributed by atoms with Gasteiger partial charge in [-0.25, -0.2) is 4.98 Å². The van der Waals surface area contributed by atoms with E-state index in [4.69, 9.17) is 0 Å². The third-order valence-corrected chi connectivity index (χ3v) is 4.93. The number of Topliss-reactive ketones (excluding diaryl/α,β-unsaturated/α-hetero) is 1. The van der Waals surface area contributed by atoms with E-state index in [1.165, 1.54) is 6.92 Å². The SMILES string of the molecule is CC(=O)c1c(-c2cccc(C(=O)N[C@H](C)c3csc(C)n3)c2)cnn1C. The summed E-state index contributed by atoms with van der Waals surface area (Å²) in [6, 6.07) is 7.02. The highest BCUT2D eigenvalue weighted by molar-refractivity contribution is 7.09. The predicted molar refractivity (Wildman–Crippen MR) is 101 cm³/mol. The molecule has 1 amide bonds. The molecule has 2 aromatic heterocycles. The van der Waals surface area contributed by atoms with Crippen molar-refractivity contribution in [1.29, 1.82) is 0 Å². The van der Waals surface area contributed by atoms with Gasteiger partial charge in [0.25, 0.3) is 5.91 Å². The highest BCUT2D eigenvalue weighted by atomic mass is 32.1. The lowest BCUT2D eigenvalue weighted by Crippen LogP contribution is -2.26. The number of amides is 1. The van der Waals surface area contributed by atoms with E-state index in [1.54, 1.807) is 47.5 Å². The highest BCUT2D eigenvalue weighted by Crippen LogP contribution is 2.25. The Morgan fingerprint density at radius 1 is 1.31 bits per heavy atom. The van der Waals surface area contributed by atoms with Crippen molar-refractivity contribution in [2.75, 3.05) is 0 Å². The number of hydrogen-bond donors (Lipinski definition) is 1. The molecule has 0 fully saturated rings. The summed E-state index contributed by atoms with van der Waals surface area (Å²) in [6.07, 6.45) is 1.65. The van der Waals surface area contributed by atoms with E-state index in [0.717, 1.165) is 21.8 Å². The molecular formula is C19H20N4O2S. The molecule has 0 spiro atoms. The summed E-state index contributed by atoms with van der Waals surface area (Å²) in [6.45, 7) is 5.35. The van der Waals surface area contributed by atoms with Crippen molar-refractivity contribution in [2.45, 2.75) is 26.8 Å². The van der Waals surface area contributed by atoms with E-state index in [2.05, 4.69) is 15.4 Å². The van der Waals surface area contributed by atoms with Crippen LogP contribution < -0.4 is 5.32 Å². The molecule has 0 aliphatic carbocycles. The second-order valence-corrected chi connectivity index (χ2v) is 7.22. The number of aromatic nitrogens is 3. The Balaban J connectivity index is 1.85. The topological polar surface area (TPSA) is 76.9 Å². The Morgan fingerprint density at radius 3 is 2.73 bits per heavy atom. The molecule has 134 valence electrons. The number of rotatable bonds is 5. The van der Waals surface area contributed by atoms with Gasteiger partial charge in [0.05, 0.1) is 22.9 Å². The van der Waals surface area contributed by atoms with Gasteiger partial charge in [0.1, 0.15) is 5.69 Å². The summed E-state index contributed by atoms with van der Waals surface area (Å²) in [7, 11) is 1.73. The molecule has 3 rings (SSSR count). The molecule has 1 N–H and O–H groups in total. The molecule has 7 heteroatoms. The first-order valence-electron chi connectivity index (χ1n) is 8.23. The van der Waals surface area contributed by atoms with Crippen LogP contribution in [0.1, 0.15) is 51.4 Å². The average molecular weight is 368 g/mol. The fourth-order valence-electron chi connectivity index (χ4n) is 2.83. The number of nitrogens with zero attached hydrogens (tertiary/aromatic N) is 3. The first-order chi connectivity index (χ1) is 12.4. The van der Waals surface area contributed by atoms with Gasteiger partial charge >= 0.3 is 0 Å². The Hall–Kier alpha value is -2.80. The van der Waals surface area contributed by atoms with Gasteiger partial charge in [0, 0.05) is 30.5 Å². The van der Waals surface area contributed by atoms with Crippen molar-refractivity contribution < 1.29 is 9.59 Å². The van der Waals surface area contributed by atoms with Crippen LogP contribution in [0.5, 0.6) is 0 Å². The van der Waals surface area contributed by atoms with Gasteiger partial charge in [0.2, 0.25) is 0 Å². The molecular weight excluding hydrogens is 348 g/mol. The quantitative estimate of drug-likeness (QED) is 0.699. The number of thiazole rings is 1. The number of nitrogens with one attached hydrogen (secondary N) is 1. The molecule has 0 unspecified atom stereocenters. The van der Waals surface area contributed by atoms with Gasteiger partial charge in [0.15, 0.2) is 5.78 Å². The van der Waals surface area contributed by atoms with E-state index in [0.29, 0.717) is 11.3 Å². The molecule has 3 aromatic rings. The second kappa shape index (κ2) is 7.21. The number of carbonyl (C=O) groups excluding carboxylic acids is 2. The number of carbonyl (C=O) groups is 2. The van der Waals surface area contributed by atoms with Crippen molar-refractivity contribution in [1.82, 2.24) is 20.1 Å². The lowest BCUT2D eigenvalue weighted by molar-refractivity contribution is 0.0938. The normalized spacial score (nSPS) is 12.0. The largest absolute Gasteiger partial charge is 0.344 e. The van der Waals surface area contributed by atoms with E-state index >= 15 is 0 Å². The molecule has 1 atom stereocenters. The summed E-state index contributed by atoms with van der Waals surface area (Å²) in [5.41, 5.74) is 3.41. The Morgan fingerprint density at radius 2 is 2.08 bits per heavy atom. The van der Waals surface area contributed by atoms with Crippen molar-refractivity contribution in [3.05, 3.63) is 57.8 Å². The maximum Gasteiger partial charge on any atom is 0.251 e. The third-order valence-electron chi connectivity index (χ3n) is 4.14. The lowest BCUT2D eigenvalue weighted by Gasteiger charge is -2.12. The smallest absolute Gasteiger partial charge is 0.251 e. The number of ketones is 1. The molecule has 0 aliphatic heterocycles. The zero-order valence-electron chi connectivity index (χ0n) is 15.1. The van der Waals surface area contributed by atoms with Gasteiger partial charge in [-0.3, -0.25) is 14.3 Å². The van der Waals surface area contributed by atoms with Crippen molar-refractivity contribution in [3.63, 3.8) is 0 Å². The highest BCUT2D eigenvalue weighted by Gasteiger charge is 2.17. The molecule has 26 heavy (non-hydrogen) atoms. The van der Waals surface area contributed by atoms with E-state index < -0.39 is 0 Å². The fraction of sp³-hybridized carbons (Fsp3) is 0.263. The second-order valence-electron chi connectivity index (χ2n) is 6.15. The summed E-state index contributed by atoms with van der Waals surface area (Å²) in [5, 5.41) is 10.1. The molecule has 0 saturated carbocycles. The zero-order chi connectivity index (χ0) is 18.8. The molecule has 2 heterocycles. The number of hydrogen-bond acceptors (Lipinski definition) is 5. The van der Waals surface area contributed by atoms with Gasteiger partial charge in [-0.05, 0) is 31.5 Å². The molecule has 0 saturated heterocycles. The van der Waals surface area contributed by atoms with E-state index in [9.17, 15) is 9.59 Å². The van der Waals surface area contributed by atoms with E-state index in [1.807, 2.05) is 25.3 Å². The van der Waals surface area contributed by atoms with Crippen LogP contribution in [0, 0.1) is 6.92 Å². The van der Waals surface area contributed by atoms with Crippen LogP contribution in [0.2, 0.25) is 0 Å².